The van der Waals surface area contributed by atoms with Crippen LogP contribution in [0.4, 0.5) is 5.69 Å². The van der Waals surface area contributed by atoms with Crippen molar-refractivity contribution in [2.24, 2.45) is 0 Å². The Bertz CT molecular complexity index is 651. The summed E-state index contributed by atoms with van der Waals surface area (Å²) in [6, 6.07) is 9.24. The van der Waals surface area contributed by atoms with E-state index in [4.69, 9.17) is 10.5 Å². The van der Waals surface area contributed by atoms with Crippen LogP contribution in [0, 0.1) is 0 Å². The zero-order chi connectivity index (χ0) is 14.7. The number of amides is 1. The zero-order valence-corrected chi connectivity index (χ0v) is 11.6. The Morgan fingerprint density at radius 1 is 1.38 bits per heavy atom. The third-order valence-corrected chi connectivity index (χ3v) is 3.56. The maximum absolute atomic E-state index is 12.3. The fourth-order valence-corrected chi connectivity index (χ4v) is 2.39. The summed E-state index contributed by atoms with van der Waals surface area (Å²) in [5, 5.41) is 2.98. The molecule has 21 heavy (non-hydrogen) atoms. The van der Waals surface area contributed by atoms with Crippen LogP contribution in [0.5, 0.6) is 0 Å². The highest BCUT2D eigenvalue weighted by atomic mass is 16.5. The second-order valence-electron chi connectivity index (χ2n) is 5.08. The van der Waals surface area contributed by atoms with Gasteiger partial charge in [-0.05, 0) is 30.2 Å². The van der Waals surface area contributed by atoms with Gasteiger partial charge in [-0.25, -0.2) is 0 Å². The van der Waals surface area contributed by atoms with E-state index in [1.54, 1.807) is 24.5 Å². The van der Waals surface area contributed by atoms with Gasteiger partial charge in [0.05, 0.1) is 12.6 Å². The largest absolute Gasteiger partial charge is 0.398 e. The molecule has 3 N–H and O–H groups in total. The zero-order valence-electron chi connectivity index (χ0n) is 11.6. The molecular formula is C16H17N3O2. The number of nitrogens with zero attached hydrogens (tertiary/aromatic N) is 1. The average Bonchev–Trinajstić information content (AvgIpc) is 3.01. The monoisotopic (exact) mass is 283 g/mol. The van der Waals surface area contributed by atoms with Gasteiger partial charge in [0.2, 0.25) is 0 Å². The van der Waals surface area contributed by atoms with E-state index < -0.39 is 0 Å². The Balaban J connectivity index is 1.83. The number of nitrogens with two attached hydrogens (primary N) is 1. The van der Waals surface area contributed by atoms with Gasteiger partial charge in [-0.1, -0.05) is 12.1 Å². The van der Waals surface area contributed by atoms with Gasteiger partial charge in [-0.3, -0.25) is 9.78 Å². The lowest BCUT2D eigenvalue weighted by molar-refractivity contribution is 0.0930. The molecule has 1 saturated heterocycles. The van der Waals surface area contributed by atoms with E-state index >= 15 is 0 Å². The number of nitrogen functional groups attached to an aromatic ring is 1. The van der Waals surface area contributed by atoms with E-state index in [0.29, 0.717) is 24.5 Å². The SMILES string of the molecule is Nc1ccncc1-c1cccc(C(=O)N[C@@H]2CCOC2)c1. The van der Waals surface area contributed by atoms with Gasteiger partial charge < -0.3 is 15.8 Å². The van der Waals surface area contributed by atoms with Crippen molar-refractivity contribution in [3.8, 4) is 11.1 Å². The molecule has 0 aliphatic carbocycles. The first kappa shape index (κ1) is 13.6. The summed E-state index contributed by atoms with van der Waals surface area (Å²) in [6.45, 7) is 1.29. The minimum Gasteiger partial charge on any atom is -0.398 e. The maximum Gasteiger partial charge on any atom is 0.251 e. The topological polar surface area (TPSA) is 77.2 Å². The Morgan fingerprint density at radius 2 is 2.29 bits per heavy atom. The smallest absolute Gasteiger partial charge is 0.251 e. The number of anilines is 1. The molecule has 5 nitrogen and oxygen atoms in total. The van der Waals surface area contributed by atoms with Gasteiger partial charge in [0.25, 0.3) is 5.91 Å². The van der Waals surface area contributed by atoms with Gasteiger partial charge in [-0.15, -0.1) is 0 Å². The van der Waals surface area contributed by atoms with Crippen LogP contribution in [0.3, 0.4) is 0 Å². The normalized spacial score (nSPS) is 17.6. The molecule has 1 aromatic heterocycles. The summed E-state index contributed by atoms with van der Waals surface area (Å²) in [6.07, 6.45) is 4.22. The van der Waals surface area contributed by atoms with E-state index in [-0.39, 0.29) is 11.9 Å². The molecule has 108 valence electrons. The van der Waals surface area contributed by atoms with Gasteiger partial charge in [0.15, 0.2) is 0 Å². The van der Waals surface area contributed by atoms with Gasteiger partial charge in [0.1, 0.15) is 0 Å². The van der Waals surface area contributed by atoms with Gasteiger partial charge >= 0.3 is 0 Å². The lowest BCUT2D eigenvalue weighted by Crippen LogP contribution is -2.34. The number of carbonyl (C=O) groups is 1. The minimum atomic E-state index is -0.0881. The van der Waals surface area contributed by atoms with E-state index in [1.165, 1.54) is 0 Å². The summed E-state index contributed by atoms with van der Waals surface area (Å²) in [7, 11) is 0. The number of carbonyl (C=O) groups excluding carboxylic acids is 1. The standard InChI is InChI=1S/C16H17N3O2/c17-15-4-6-18-9-14(15)11-2-1-3-12(8-11)16(20)19-13-5-7-21-10-13/h1-4,6,8-9,13H,5,7,10H2,(H2,17,18)(H,19,20)/t13-/m1/s1. The first-order chi connectivity index (χ1) is 10.2. The van der Waals surface area contributed by atoms with Crippen LogP contribution in [0.15, 0.2) is 42.7 Å². The fraction of sp³-hybridized carbons (Fsp3) is 0.250. The van der Waals surface area contributed by atoms with Crippen LogP contribution < -0.4 is 11.1 Å². The number of benzene rings is 1. The molecule has 2 aromatic rings. The average molecular weight is 283 g/mol. The minimum absolute atomic E-state index is 0.0881. The second-order valence-corrected chi connectivity index (χ2v) is 5.08. The Labute approximate surface area is 123 Å². The highest BCUT2D eigenvalue weighted by molar-refractivity contribution is 5.96. The lowest BCUT2D eigenvalue weighted by Gasteiger charge is -2.12. The molecule has 1 aliphatic heterocycles. The first-order valence-corrected chi connectivity index (χ1v) is 6.92. The summed E-state index contributed by atoms with van der Waals surface area (Å²) in [5.41, 5.74) is 8.93. The van der Waals surface area contributed by atoms with Crippen LogP contribution in [0.25, 0.3) is 11.1 Å². The molecule has 1 amide bonds. The number of hydrogen-bond donors (Lipinski definition) is 2. The maximum atomic E-state index is 12.3. The molecule has 0 spiro atoms. The summed E-state index contributed by atoms with van der Waals surface area (Å²) in [5.74, 6) is -0.0881. The Kier molecular flexibility index (Phi) is 3.83. The molecule has 0 unspecified atom stereocenters. The predicted molar refractivity (Wildman–Crippen MR) is 80.8 cm³/mol. The quantitative estimate of drug-likeness (QED) is 0.901. The number of rotatable bonds is 3. The second kappa shape index (κ2) is 5.93. The highest BCUT2D eigenvalue weighted by Crippen LogP contribution is 2.25. The molecule has 0 saturated carbocycles. The van der Waals surface area contributed by atoms with Crippen LogP contribution in [0.2, 0.25) is 0 Å². The molecule has 0 bridgehead atoms. The molecular weight excluding hydrogens is 266 g/mol. The molecule has 1 atom stereocenters. The number of ether oxygens (including phenoxy) is 1. The molecule has 1 fully saturated rings. The number of nitrogens with one attached hydrogen (secondary N) is 1. The van der Waals surface area contributed by atoms with E-state index in [0.717, 1.165) is 17.5 Å². The van der Waals surface area contributed by atoms with Crippen molar-refractivity contribution in [1.29, 1.82) is 0 Å². The van der Waals surface area contributed by atoms with Gasteiger partial charge in [-0.2, -0.15) is 0 Å². The fourth-order valence-electron chi connectivity index (χ4n) is 2.39. The van der Waals surface area contributed by atoms with Crippen molar-refractivity contribution in [3.63, 3.8) is 0 Å². The van der Waals surface area contributed by atoms with Gasteiger partial charge in [0, 0.05) is 35.8 Å². The lowest BCUT2D eigenvalue weighted by atomic mass is 10.0. The van der Waals surface area contributed by atoms with Crippen molar-refractivity contribution < 1.29 is 9.53 Å². The van der Waals surface area contributed by atoms with E-state index in [9.17, 15) is 4.79 Å². The molecule has 5 heteroatoms. The third kappa shape index (κ3) is 3.03. The Morgan fingerprint density at radius 3 is 3.05 bits per heavy atom. The third-order valence-electron chi connectivity index (χ3n) is 3.56. The van der Waals surface area contributed by atoms with Crippen molar-refractivity contribution in [1.82, 2.24) is 10.3 Å². The van der Waals surface area contributed by atoms with Crippen molar-refractivity contribution in [2.45, 2.75) is 12.5 Å². The number of hydrogen-bond acceptors (Lipinski definition) is 4. The summed E-state index contributed by atoms with van der Waals surface area (Å²) >= 11 is 0. The van der Waals surface area contributed by atoms with Crippen molar-refractivity contribution >= 4 is 11.6 Å². The van der Waals surface area contributed by atoms with Crippen LogP contribution in [-0.2, 0) is 4.74 Å². The van der Waals surface area contributed by atoms with Crippen LogP contribution in [-0.4, -0.2) is 30.1 Å². The van der Waals surface area contributed by atoms with Crippen LogP contribution in [0.1, 0.15) is 16.8 Å². The van der Waals surface area contributed by atoms with E-state index in [2.05, 4.69) is 10.3 Å². The van der Waals surface area contributed by atoms with Crippen molar-refractivity contribution in [3.05, 3.63) is 48.3 Å². The van der Waals surface area contributed by atoms with E-state index in [1.807, 2.05) is 18.2 Å². The highest BCUT2D eigenvalue weighted by Gasteiger charge is 2.18. The molecule has 3 rings (SSSR count). The number of aromatic nitrogens is 1. The predicted octanol–water partition coefficient (Wildman–Crippen LogP) is 1.85. The molecule has 0 radical (unpaired) electrons. The molecule has 1 aromatic carbocycles. The number of pyridine rings is 1. The summed E-state index contributed by atoms with van der Waals surface area (Å²) in [4.78, 5) is 16.3. The van der Waals surface area contributed by atoms with Crippen LogP contribution >= 0.6 is 0 Å². The first-order valence-electron chi connectivity index (χ1n) is 6.92. The molecule has 1 aliphatic rings. The summed E-state index contributed by atoms with van der Waals surface area (Å²) < 4.78 is 5.26. The van der Waals surface area contributed by atoms with Crippen molar-refractivity contribution in [2.75, 3.05) is 18.9 Å². The Hall–Kier alpha value is -2.40. The molecule has 2 heterocycles.